The van der Waals surface area contributed by atoms with Gasteiger partial charge in [0.1, 0.15) is 11.5 Å². The summed E-state index contributed by atoms with van der Waals surface area (Å²) in [5.41, 5.74) is 0.790. The Labute approximate surface area is 98.6 Å². The monoisotopic (exact) mass is 234 g/mol. The number of methoxy groups -OCH3 is 2. The molecule has 17 heavy (non-hydrogen) atoms. The van der Waals surface area contributed by atoms with E-state index in [1.165, 1.54) is 0 Å². The molecular formula is C12H14N2O3. The van der Waals surface area contributed by atoms with E-state index in [0.29, 0.717) is 12.3 Å². The highest BCUT2D eigenvalue weighted by molar-refractivity contribution is 5.40. The number of nitrogens with one attached hydrogen (secondary N) is 1. The Balaban J connectivity index is 2.33. The van der Waals surface area contributed by atoms with Gasteiger partial charge in [-0.05, 0) is 12.1 Å². The molecule has 0 aliphatic heterocycles. The Morgan fingerprint density at radius 2 is 2.12 bits per heavy atom. The molecule has 0 aliphatic rings. The van der Waals surface area contributed by atoms with Gasteiger partial charge in [0.05, 0.1) is 20.8 Å². The van der Waals surface area contributed by atoms with E-state index in [0.717, 1.165) is 11.3 Å². The molecule has 0 spiro atoms. The zero-order valence-corrected chi connectivity index (χ0v) is 9.77. The van der Waals surface area contributed by atoms with Crippen LogP contribution in [0.15, 0.2) is 35.4 Å². The molecule has 2 rings (SSSR count). The maximum atomic E-state index is 11.4. The van der Waals surface area contributed by atoms with E-state index in [-0.39, 0.29) is 5.69 Å². The second kappa shape index (κ2) is 4.78. The molecule has 1 aromatic carbocycles. The third-order valence-corrected chi connectivity index (χ3v) is 2.56. The highest BCUT2D eigenvalue weighted by Crippen LogP contribution is 2.24. The highest BCUT2D eigenvalue weighted by Gasteiger charge is 2.06. The molecule has 0 atom stereocenters. The second-order valence-electron chi connectivity index (χ2n) is 3.57. The highest BCUT2D eigenvalue weighted by atomic mass is 16.5. The summed E-state index contributed by atoms with van der Waals surface area (Å²) in [5.74, 6) is 1.43. The van der Waals surface area contributed by atoms with Crippen LogP contribution in [0.2, 0.25) is 0 Å². The number of H-pyrrole nitrogens is 1. The van der Waals surface area contributed by atoms with Crippen LogP contribution in [0.5, 0.6) is 11.5 Å². The summed E-state index contributed by atoms with van der Waals surface area (Å²) in [6.07, 6.45) is 3.31. The summed E-state index contributed by atoms with van der Waals surface area (Å²) in [6.45, 7) is 0.468. The fourth-order valence-electron chi connectivity index (χ4n) is 1.64. The van der Waals surface area contributed by atoms with Crippen molar-refractivity contribution >= 4 is 0 Å². The lowest BCUT2D eigenvalue weighted by Crippen LogP contribution is -2.17. The maximum absolute atomic E-state index is 11.4. The van der Waals surface area contributed by atoms with Crippen molar-refractivity contribution in [3.8, 4) is 11.5 Å². The van der Waals surface area contributed by atoms with Gasteiger partial charge in [-0.3, -0.25) is 4.57 Å². The van der Waals surface area contributed by atoms with E-state index in [9.17, 15) is 4.79 Å². The zero-order chi connectivity index (χ0) is 12.3. The second-order valence-corrected chi connectivity index (χ2v) is 3.57. The number of aromatic nitrogens is 2. The van der Waals surface area contributed by atoms with Gasteiger partial charge >= 0.3 is 5.69 Å². The quantitative estimate of drug-likeness (QED) is 0.866. The summed E-state index contributed by atoms with van der Waals surface area (Å²) in [5, 5.41) is 0. The van der Waals surface area contributed by atoms with Crippen molar-refractivity contribution in [3.05, 3.63) is 46.6 Å². The van der Waals surface area contributed by atoms with Crippen molar-refractivity contribution in [2.24, 2.45) is 0 Å². The molecule has 0 bridgehead atoms. The molecule has 5 heteroatoms. The van der Waals surface area contributed by atoms with E-state index < -0.39 is 0 Å². The minimum atomic E-state index is -0.136. The first-order chi connectivity index (χ1) is 8.24. The van der Waals surface area contributed by atoms with Crippen LogP contribution in [-0.2, 0) is 6.54 Å². The summed E-state index contributed by atoms with van der Waals surface area (Å²) < 4.78 is 12.0. The van der Waals surface area contributed by atoms with E-state index in [1.807, 2.05) is 12.1 Å². The van der Waals surface area contributed by atoms with Crippen LogP contribution in [0.3, 0.4) is 0 Å². The molecule has 0 aliphatic carbocycles. The van der Waals surface area contributed by atoms with Gasteiger partial charge in [-0.1, -0.05) is 0 Å². The first kappa shape index (κ1) is 11.3. The van der Waals surface area contributed by atoms with Crippen molar-refractivity contribution in [3.63, 3.8) is 0 Å². The largest absolute Gasteiger partial charge is 0.497 e. The molecule has 1 aromatic heterocycles. The lowest BCUT2D eigenvalue weighted by atomic mass is 10.2. The minimum absolute atomic E-state index is 0.136. The normalized spacial score (nSPS) is 10.2. The topological polar surface area (TPSA) is 56.2 Å². The van der Waals surface area contributed by atoms with Gasteiger partial charge in [0.25, 0.3) is 0 Å². The molecule has 0 saturated carbocycles. The van der Waals surface area contributed by atoms with Crippen molar-refractivity contribution in [2.75, 3.05) is 14.2 Å². The van der Waals surface area contributed by atoms with Crippen molar-refractivity contribution in [1.82, 2.24) is 9.55 Å². The third-order valence-electron chi connectivity index (χ3n) is 2.56. The lowest BCUT2D eigenvalue weighted by molar-refractivity contribution is 0.390. The van der Waals surface area contributed by atoms with Crippen LogP contribution in [-0.4, -0.2) is 23.8 Å². The number of benzene rings is 1. The van der Waals surface area contributed by atoms with Crippen molar-refractivity contribution in [2.45, 2.75) is 6.54 Å². The molecule has 1 heterocycles. The Bertz CT molecular complexity index is 557. The Kier molecular flexibility index (Phi) is 3.18. The third kappa shape index (κ3) is 2.33. The average molecular weight is 234 g/mol. The molecule has 0 radical (unpaired) electrons. The molecule has 1 N–H and O–H groups in total. The van der Waals surface area contributed by atoms with Gasteiger partial charge in [0, 0.05) is 24.0 Å². The molecule has 0 amide bonds. The number of rotatable bonds is 4. The Morgan fingerprint density at radius 1 is 1.29 bits per heavy atom. The zero-order valence-electron chi connectivity index (χ0n) is 9.77. The minimum Gasteiger partial charge on any atom is -0.497 e. The van der Waals surface area contributed by atoms with Crippen LogP contribution in [0.25, 0.3) is 0 Å². The smallest absolute Gasteiger partial charge is 0.325 e. The molecular weight excluding hydrogens is 220 g/mol. The predicted molar refractivity (Wildman–Crippen MR) is 63.7 cm³/mol. The van der Waals surface area contributed by atoms with Crippen molar-refractivity contribution in [1.29, 1.82) is 0 Å². The SMILES string of the molecule is COc1ccc(Cn2cc[nH]c2=O)c(OC)c1. The number of nitrogens with zero attached hydrogens (tertiary/aromatic N) is 1. The Morgan fingerprint density at radius 3 is 2.71 bits per heavy atom. The van der Waals surface area contributed by atoms with Crippen LogP contribution < -0.4 is 15.2 Å². The van der Waals surface area contributed by atoms with Gasteiger partial charge in [-0.15, -0.1) is 0 Å². The van der Waals surface area contributed by atoms with Gasteiger partial charge in [0.15, 0.2) is 0 Å². The standard InChI is InChI=1S/C12H14N2O3/c1-16-10-4-3-9(11(7-10)17-2)8-14-6-5-13-12(14)15/h3-7H,8H2,1-2H3,(H,13,15). The molecule has 0 fully saturated rings. The van der Waals surface area contributed by atoms with E-state index >= 15 is 0 Å². The van der Waals surface area contributed by atoms with Crippen LogP contribution in [0.4, 0.5) is 0 Å². The van der Waals surface area contributed by atoms with Crippen molar-refractivity contribution < 1.29 is 9.47 Å². The average Bonchev–Trinajstić information content (AvgIpc) is 2.75. The molecule has 0 saturated heterocycles. The first-order valence-electron chi connectivity index (χ1n) is 5.19. The summed E-state index contributed by atoms with van der Waals surface area (Å²) in [4.78, 5) is 14.0. The molecule has 2 aromatic rings. The van der Waals surface area contributed by atoms with E-state index in [4.69, 9.17) is 9.47 Å². The predicted octanol–water partition coefficient (Wildman–Crippen LogP) is 1.24. The number of aromatic amines is 1. The fraction of sp³-hybridized carbons (Fsp3) is 0.250. The fourth-order valence-corrected chi connectivity index (χ4v) is 1.64. The van der Waals surface area contributed by atoms with Gasteiger partial charge in [-0.25, -0.2) is 4.79 Å². The van der Waals surface area contributed by atoms with E-state index in [2.05, 4.69) is 4.98 Å². The lowest BCUT2D eigenvalue weighted by Gasteiger charge is -2.10. The number of imidazole rings is 1. The summed E-state index contributed by atoms with van der Waals surface area (Å²) in [6, 6.07) is 5.53. The van der Waals surface area contributed by atoms with Gasteiger partial charge in [-0.2, -0.15) is 0 Å². The molecule has 5 nitrogen and oxygen atoms in total. The summed E-state index contributed by atoms with van der Waals surface area (Å²) >= 11 is 0. The van der Waals surface area contributed by atoms with Crippen LogP contribution >= 0.6 is 0 Å². The summed E-state index contributed by atoms with van der Waals surface area (Å²) in [7, 11) is 3.20. The number of hydrogen-bond donors (Lipinski definition) is 1. The number of hydrogen-bond acceptors (Lipinski definition) is 3. The van der Waals surface area contributed by atoms with Gasteiger partial charge < -0.3 is 14.5 Å². The first-order valence-corrected chi connectivity index (χ1v) is 5.19. The Hall–Kier alpha value is -2.17. The maximum Gasteiger partial charge on any atom is 0.325 e. The van der Waals surface area contributed by atoms with Crippen LogP contribution in [0, 0.1) is 0 Å². The number of ether oxygens (including phenoxy) is 2. The molecule has 90 valence electrons. The molecule has 0 unspecified atom stereocenters. The van der Waals surface area contributed by atoms with E-state index in [1.54, 1.807) is 37.2 Å². The van der Waals surface area contributed by atoms with Gasteiger partial charge in [0.2, 0.25) is 0 Å². The van der Waals surface area contributed by atoms with Crippen LogP contribution in [0.1, 0.15) is 5.56 Å².